The van der Waals surface area contributed by atoms with Crippen LogP contribution in [0.3, 0.4) is 0 Å². The third-order valence-electron chi connectivity index (χ3n) is 3.51. The first-order chi connectivity index (χ1) is 9.74. The average molecular weight is 399 g/mol. The Kier molecular flexibility index (Phi) is 5.16. The summed E-state index contributed by atoms with van der Waals surface area (Å²) in [6, 6.07) is 5.93. The van der Waals surface area contributed by atoms with Crippen molar-refractivity contribution in [1.82, 2.24) is 14.5 Å². The summed E-state index contributed by atoms with van der Waals surface area (Å²) < 4.78 is 3.48. The lowest BCUT2D eigenvalue weighted by molar-refractivity contribution is -0.670. The number of rotatable bonds is 1. The number of amides is 1. The minimum atomic E-state index is 0. The fraction of sp³-hybridized carbons (Fsp3) is 0.357. The Hall–Kier alpha value is -1.64. The molecule has 0 unspecified atom stereocenters. The van der Waals surface area contributed by atoms with E-state index in [1.165, 1.54) is 0 Å². The molecule has 112 valence electrons. The third kappa shape index (κ3) is 3.52. The number of nitrogens with zero attached hydrogens (tertiary/aromatic N) is 5. The van der Waals surface area contributed by atoms with Crippen molar-refractivity contribution in [2.75, 3.05) is 31.1 Å². The van der Waals surface area contributed by atoms with E-state index in [0.29, 0.717) is 0 Å². The molecule has 2 aromatic heterocycles. The summed E-state index contributed by atoms with van der Waals surface area (Å²) >= 11 is 0. The summed E-state index contributed by atoms with van der Waals surface area (Å²) in [6.07, 6.45) is 7.23. The monoisotopic (exact) mass is 399 g/mol. The number of hydrogen-bond donors (Lipinski definition) is 0. The van der Waals surface area contributed by atoms with Gasteiger partial charge in [-0.05, 0) is 12.1 Å². The van der Waals surface area contributed by atoms with Crippen LogP contribution in [0, 0.1) is 0 Å². The fourth-order valence-electron chi connectivity index (χ4n) is 2.39. The maximum Gasteiger partial charge on any atom is 0.415 e. The van der Waals surface area contributed by atoms with Crippen molar-refractivity contribution in [2.45, 2.75) is 0 Å². The molecule has 0 atom stereocenters. The third-order valence-corrected chi connectivity index (χ3v) is 3.51. The van der Waals surface area contributed by atoms with E-state index in [1.807, 2.05) is 40.9 Å². The van der Waals surface area contributed by atoms with Gasteiger partial charge in [-0.1, -0.05) is 6.07 Å². The molecular weight excluding hydrogens is 381 g/mol. The van der Waals surface area contributed by atoms with E-state index >= 15 is 0 Å². The van der Waals surface area contributed by atoms with Gasteiger partial charge in [0.15, 0.2) is 0 Å². The van der Waals surface area contributed by atoms with E-state index in [4.69, 9.17) is 0 Å². The lowest BCUT2D eigenvalue weighted by Crippen LogP contribution is -3.00. The van der Waals surface area contributed by atoms with Crippen molar-refractivity contribution in [2.24, 2.45) is 7.05 Å². The number of hydrogen-bond acceptors (Lipinski definition) is 3. The number of piperazine rings is 1. The Morgan fingerprint density at radius 2 is 2.00 bits per heavy atom. The van der Waals surface area contributed by atoms with Crippen LogP contribution in [0.15, 0.2) is 43.1 Å². The summed E-state index contributed by atoms with van der Waals surface area (Å²) in [7, 11) is 1.91. The Morgan fingerprint density at radius 1 is 1.24 bits per heavy atom. The Labute approximate surface area is 141 Å². The SMILES string of the molecule is C[n+]1ccn(C(=O)N2CCN(c3ccccn3)CC2)c1.[I-]. The molecule has 0 N–H and O–H groups in total. The molecule has 2 aromatic rings. The van der Waals surface area contributed by atoms with E-state index in [-0.39, 0.29) is 30.0 Å². The van der Waals surface area contributed by atoms with E-state index in [9.17, 15) is 4.79 Å². The Balaban J connectivity index is 0.00000161. The van der Waals surface area contributed by atoms with Gasteiger partial charge in [0.1, 0.15) is 18.2 Å². The van der Waals surface area contributed by atoms with Crippen LogP contribution >= 0.6 is 0 Å². The van der Waals surface area contributed by atoms with Crippen LogP contribution in [0.4, 0.5) is 10.6 Å². The van der Waals surface area contributed by atoms with Crippen LogP contribution in [-0.4, -0.2) is 46.7 Å². The summed E-state index contributed by atoms with van der Waals surface area (Å²) in [5.74, 6) is 0.979. The highest BCUT2D eigenvalue weighted by Crippen LogP contribution is 2.12. The fourth-order valence-corrected chi connectivity index (χ4v) is 2.39. The van der Waals surface area contributed by atoms with Gasteiger partial charge in [-0.15, -0.1) is 0 Å². The summed E-state index contributed by atoms with van der Waals surface area (Å²) in [6.45, 7) is 3.07. The van der Waals surface area contributed by atoms with Crippen molar-refractivity contribution in [3.63, 3.8) is 0 Å². The first-order valence-corrected chi connectivity index (χ1v) is 6.72. The summed E-state index contributed by atoms with van der Waals surface area (Å²) in [4.78, 5) is 20.7. The number of halogens is 1. The van der Waals surface area contributed by atoms with E-state index in [1.54, 1.807) is 23.3 Å². The minimum Gasteiger partial charge on any atom is -1.00 e. The molecule has 7 heteroatoms. The summed E-state index contributed by atoms with van der Waals surface area (Å²) in [5.41, 5.74) is 0. The van der Waals surface area contributed by atoms with Gasteiger partial charge < -0.3 is 33.8 Å². The molecule has 1 aliphatic rings. The molecule has 3 heterocycles. The van der Waals surface area contributed by atoms with Gasteiger partial charge in [0.25, 0.3) is 6.33 Å². The Morgan fingerprint density at radius 3 is 2.57 bits per heavy atom. The number of carbonyl (C=O) groups excluding carboxylic acids is 1. The van der Waals surface area contributed by atoms with Gasteiger partial charge in [0.2, 0.25) is 0 Å². The van der Waals surface area contributed by atoms with Crippen molar-refractivity contribution in [3.8, 4) is 0 Å². The molecule has 0 radical (unpaired) electrons. The number of pyridine rings is 1. The number of aromatic nitrogens is 3. The molecule has 1 fully saturated rings. The van der Waals surface area contributed by atoms with E-state index in [2.05, 4.69) is 9.88 Å². The molecule has 0 spiro atoms. The topological polar surface area (TPSA) is 45.2 Å². The first-order valence-electron chi connectivity index (χ1n) is 6.72. The van der Waals surface area contributed by atoms with Gasteiger partial charge in [-0.25, -0.2) is 14.3 Å². The highest BCUT2D eigenvalue weighted by atomic mass is 127. The van der Waals surface area contributed by atoms with E-state index < -0.39 is 0 Å². The zero-order chi connectivity index (χ0) is 13.9. The van der Waals surface area contributed by atoms with Crippen molar-refractivity contribution in [1.29, 1.82) is 0 Å². The zero-order valence-corrected chi connectivity index (χ0v) is 14.0. The van der Waals surface area contributed by atoms with Crippen LogP contribution in [0.2, 0.25) is 0 Å². The van der Waals surface area contributed by atoms with Crippen LogP contribution in [0.25, 0.3) is 0 Å². The molecule has 21 heavy (non-hydrogen) atoms. The quantitative estimate of drug-likeness (QED) is 0.394. The number of imidazole rings is 1. The van der Waals surface area contributed by atoms with Crippen molar-refractivity contribution in [3.05, 3.63) is 43.1 Å². The van der Waals surface area contributed by atoms with Gasteiger partial charge >= 0.3 is 6.03 Å². The van der Waals surface area contributed by atoms with Gasteiger partial charge in [0.05, 0.1) is 7.05 Å². The molecular formula is C14H18IN5O. The van der Waals surface area contributed by atoms with Crippen molar-refractivity contribution >= 4 is 11.8 Å². The van der Waals surface area contributed by atoms with Crippen LogP contribution in [-0.2, 0) is 7.05 Å². The predicted octanol–water partition coefficient (Wildman–Crippen LogP) is -2.50. The second-order valence-corrected chi connectivity index (χ2v) is 4.93. The lowest BCUT2D eigenvalue weighted by atomic mass is 10.3. The first kappa shape index (κ1) is 15.7. The molecule has 1 aliphatic heterocycles. The molecule has 0 aromatic carbocycles. The summed E-state index contributed by atoms with van der Waals surface area (Å²) in [5, 5.41) is 0. The number of carbonyl (C=O) groups is 1. The van der Waals surface area contributed by atoms with Gasteiger partial charge in [-0.2, -0.15) is 4.57 Å². The van der Waals surface area contributed by atoms with Crippen LogP contribution < -0.4 is 33.4 Å². The standard InChI is InChI=1S/C14H18N5O.HI/c1-16-6-7-19(12-16)14(20)18-10-8-17(9-11-18)13-4-2-3-5-15-13;/h2-7,12H,8-11H2,1H3;1H/q+1;/p-1. The highest BCUT2D eigenvalue weighted by molar-refractivity contribution is 5.76. The van der Waals surface area contributed by atoms with Gasteiger partial charge in [0, 0.05) is 32.4 Å². The maximum atomic E-state index is 12.3. The number of aryl methyl sites for hydroxylation is 1. The zero-order valence-electron chi connectivity index (χ0n) is 11.9. The molecule has 6 nitrogen and oxygen atoms in total. The average Bonchev–Trinajstić information content (AvgIpc) is 2.94. The second-order valence-electron chi connectivity index (χ2n) is 4.93. The predicted molar refractivity (Wildman–Crippen MR) is 74.4 cm³/mol. The lowest BCUT2D eigenvalue weighted by Gasteiger charge is -2.34. The molecule has 0 bridgehead atoms. The van der Waals surface area contributed by atoms with Gasteiger partial charge in [-0.3, -0.25) is 0 Å². The largest absolute Gasteiger partial charge is 1.00 e. The van der Waals surface area contributed by atoms with Crippen LogP contribution in [0.5, 0.6) is 0 Å². The van der Waals surface area contributed by atoms with Crippen molar-refractivity contribution < 1.29 is 33.3 Å². The molecule has 0 aliphatic carbocycles. The molecule has 0 saturated carbocycles. The number of anilines is 1. The second kappa shape index (κ2) is 6.88. The highest BCUT2D eigenvalue weighted by Gasteiger charge is 2.25. The van der Waals surface area contributed by atoms with Crippen LogP contribution in [0.1, 0.15) is 0 Å². The Bertz CT molecular complexity index is 592. The maximum absolute atomic E-state index is 12.3. The smallest absolute Gasteiger partial charge is 0.415 e. The molecule has 1 saturated heterocycles. The normalized spacial score (nSPS) is 14.7. The molecule has 1 amide bonds. The van der Waals surface area contributed by atoms with E-state index in [0.717, 1.165) is 32.0 Å². The molecule has 3 rings (SSSR count). The minimum absolute atomic E-state index is 0.